The number of rotatable bonds is 6. The van der Waals surface area contributed by atoms with Crippen molar-refractivity contribution < 1.29 is 4.39 Å². The quantitative estimate of drug-likeness (QED) is 0.810. The summed E-state index contributed by atoms with van der Waals surface area (Å²) < 4.78 is 14.9. The number of hydrogen-bond donors (Lipinski definition) is 1. The molecule has 0 atom stereocenters. The molecular formula is C15H20FN3. The molecule has 0 radical (unpaired) electrons. The predicted octanol–water partition coefficient (Wildman–Crippen LogP) is 2.94. The van der Waals surface area contributed by atoms with Crippen LogP contribution in [0.5, 0.6) is 0 Å². The van der Waals surface area contributed by atoms with Gasteiger partial charge in [-0.3, -0.25) is 0 Å². The first-order valence-electron chi connectivity index (χ1n) is 6.68. The van der Waals surface area contributed by atoms with E-state index in [-0.39, 0.29) is 5.82 Å². The second-order valence-electron chi connectivity index (χ2n) is 4.99. The fourth-order valence-electron chi connectivity index (χ4n) is 1.93. The SMILES string of the molecule is CC(C)NCCCc1cnn(-c2cccc(F)c2)c1. The van der Waals surface area contributed by atoms with Crippen LogP contribution in [0.2, 0.25) is 0 Å². The number of halogens is 1. The van der Waals surface area contributed by atoms with E-state index in [0.29, 0.717) is 6.04 Å². The van der Waals surface area contributed by atoms with Gasteiger partial charge in [0.05, 0.1) is 11.9 Å². The van der Waals surface area contributed by atoms with Crippen molar-refractivity contribution in [2.45, 2.75) is 32.7 Å². The third kappa shape index (κ3) is 4.17. The van der Waals surface area contributed by atoms with E-state index in [0.717, 1.165) is 25.1 Å². The van der Waals surface area contributed by atoms with Crippen molar-refractivity contribution in [1.29, 1.82) is 0 Å². The van der Waals surface area contributed by atoms with Gasteiger partial charge < -0.3 is 5.32 Å². The lowest BCUT2D eigenvalue weighted by molar-refractivity contribution is 0.570. The van der Waals surface area contributed by atoms with E-state index in [4.69, 9.17) is 0 Å². The Morgan fingerprint density at radius 1 is 1.37 bits per heavy atom. The Balaban J connectivity index is 1.92. The van der Waals surface area contributed by atoms with Crippen LogP contribution in [-0.4, -0.2) is 22.4 Å². The van der Waals surface area contributed by atoms with Crippen LogP contribution in [0.1, 0.15) is 25.8 Å². The van der Waals surface area contributed by atoms with Crippen LogP contribution in [-0.2, 0) is 6.42 Å². The van der Waals surface area contributed by atoms with Crippen LogP contribution in [0.3, 0.4) is 0 Å². The molecule has 1 aromatic carbocycles. The molecule has 0 unspecified atom stereocenters. The molecule has 1 aromatic heterocycles. The van der Waals surface area contributed by atoms with E-state index in [2.05, 4.69) is 24.3 Å². The van der Waals surface area contributed by atoms with Crippen LogP contribution < -0.4 is 5.32 Å². The predicted molar refractivity (Wildman–Crippen MR) is 75.0 cm³/mol. The Morgan fingerprint density at radius 2 is 2.21 bits per heavy atom. The van der Waals surface area contributed by atoms with Crippen LogP contribution in [0.15, 0.2) is 36.7 Å². The summed E-state index contributed by atoms with van der Waals surface area (Å²) >= 11 is 0. The van der Waals surface area contributed by atoms with Crippen molar-refractivity contribution in [3.05, 3.63) is 48.0 Å². The monoisotopic (exact) mass is 261 g/mol. The summed E-state index contributed by atoms with van der Waals surface area (Å²) in [4.78, 5) is 0. The van der Waals surface area contributed by atoms with Crippen molar-refractivity contribution in [2.24, 2.45) is 0 Å². The zero-order valence-electron chi connectivity index (χ0n) is 11.4. The molecular weight excluding hydrogens is 241 g/mol. The minimum Gasteiger partial charge on any atom is -0.315 e. The Labute approximate surface area is 113 Å². The first-order chi connectivity index (χ1) is 9.15. The van der Waals surface area contributed by atoms with Crippen molar-refractivity contribution >= 4 is 0 Å². The van der Waals surface area contributed by atoms with Crippen LogP contribution >= 0.6 is 0 Å². The molecule has 0 saturated heterocycles. The van der Waals surface area contributed by atoms with Gasteiger partial charge in [0.2, 0.25) is 0 Å². The number of benzene rings is 1. The van der Waals surface area contributed by atoms with Crippen LogP contribution in [0, 0.1) is 5.82 Å². The average Bonchev–Trinajstić information content (AvgIpc) is 2.83. The molecule has 2 rings (SSSR count). The molecule has 0 aliphatic rings. The highest BCUT2D eigenvalue weighted by Crippen LogP contribution is 2.11. The minimum absolute atomic E-state index is 0.240. The Morgan fingerprint density at radius 3 is 2.95 bits per heavy atom. The lowest BCUT2D eigenvalue weighted by Gasteiger charge is -2.06. The molecule has 0 amide bonds. The topological polar surface area (TPSA) is 29.9 Å². The molecule has 102 valence electrons. The molecule has 0 spiro atoms. The molecule has 1 heterocycles. The number of aryl methyl sites for hydroxylation is 1. The fraction of sp³-hybridized carbons (Fsp3) is 0.400. The van der Waals surface area contributed by atoms with E-state index in [9.17, 15) is 4.39 Å². The number of aromatic nitrogens is 2. The average molecular weight is 261 g/mol. The van der Waals surface area contributed by atoms with Crippen LogP contribution in [0.4, 0.5) is 4.39 Å². The summed E-state index contributed by atoms with van der Waals surface area (Å²) in [5.41, 5.74) is 1.93. The maximum Gasteiger partial charge on any atom is 0.125 e. The summed E-state index contributed by atoms with van der Waals surface area (Å²) in [6.45, 7) is 5.28. The van der Waals surface area contributed by atoms with Gasteiger partial charge in [-0.1, -0.05) is 19.9 Å². The summed E-state index contributed by atoms with van der Waals surface area (Å²) in [5, 5.41) is 7.66. The van der Waals surface area contributed by atoms with Gasteiger partial charge >= 0.3 is 0 Å². The second-order valence-corrected chi connectivity index (χ2v) is 4.99. The van der Waals surface area contributed by atoms with E-state index in [1.165, 1.54) is 17.7 Å². The molecule has 0 bridgehead atoms. The van der Waals surface area contributed by atoms with Gasteiger partial charge in [-0.2, -0.15) is 5.10 Å². The van der Waals surface area contributed by atoms with Crippen molar-refractivity contribution in [1.82, 2.24) is 15.1 Å². The summed E-state index contributed by atoms with van der Waals surface area (Å²) in [5.74, 6) is -0.240. The maximum absolute atomic E-state index is 13.1. The Hall–Kier alpha value is -1.68. The molecule has 19 heavy (non-hydrogen) atoms. The third-order valence-corrected chi connectivity index (χ3v) is 2.90. The third-order valence-electron chi connectivity index (χ3n) is 2.90. The van der Waals surface area contributed by atoms with E-state index in [1.807, 2.05) is 18.5 Å². The lowest BCUT2D eigenvalue weighted by atomic mass is 10.2. The zero-order chi connectivity index (χ0) is 13.7. The maximum atomic E-state index is 13.1. The summed E-state index contributed by atoms with van der Waals surface area (Å²) in [6, 6.07) is 6.98. The molecule has 0 aliphatic carbocycles. The van der Waals surface area contributed by atoms with Gasteiger partial charge in [-0.05, 0) is 43.1 Å². The zero-order valence-corrected chi connectivity index (χ0v) is 11.4. The highest BCUT2D eigenvalue weighted by Gasteiger charge is 2.02. The molecule has 0 saturated carbocycles. The Bertz CT molecular complexity index is 520. The van der Waals surface area contributed by atoms with Crippen molar-refractivity contribution in [2.75, 3.05) is 6.54 Å². The highest BCUT2D eigenvalue weighted by atomic mass is 19.1. The molecule has 4 heteroatoms. The van der Waals surface area contributed by atoms with Gasteiger partial charge in [0.25, 0.3) is 0 Å². The first kappa shape index (κ1) is 13.7. The molecule has 2 aromatic rings. The normalized spacial score (nSPS) is 11.2. The van der Waals surface area contributed by atoms with Gasteiger partial charge in [0, 0.05) is 12.2 Å². The largest absolute Gasteiger partial charge is 0.315 e. The standard InChI is InChI=1S/C15H20FN3/c1-12(2)17-8-4-5-13-10-18-19(11-13)15-7-3-6-14(16)9-15/h3,6-7,9-12,17H,4-5,8H2,1-2H3. The highest BCUT2D eigenvalue weighted by molar-refractivity contribution is 5.31. The summed E-state index contributed by atoms with van der Waals surface area (Å²) in [7, 11) is 0. The second kappa shape index (κ2) is 6.48. The van der Waals surface area contributed by atoms with E-state index in [1.54, 1.807) is 10.7 Å². The van der Waals surface area contributed by atoms with Crippen molar-refractivity contribution in [3.8, 4) is 5.69 Å². The first-order valence-corrected chi connectivity index (χ1v) is 6.68. The Kier molecular flexibility index (Phi) is 4.68. The number of nitrogens with zero attached hydrogens (tertiary/aromatic N) is 2. The van der Waals surface area contributed by atoms with E-state index >= 15 is 0 Å². The molecule has 0 fully saturated rings. The van der Waals surface area contributed by atoms with Gasteiger partial charge in [-0.15, -0.1) is 0 Å². The smallest absolute Gasteiger partial charge is 0.125 e. The van der Waals surface area contributed by atoms with Crippen molar-refractivity contribution in [3.63, 3.8) is 0 Å². The lowest BCUT2D eigenvalue weighted by Crippen LogP contribution is -2.23. The molecule has 0 aliphatic heterocycles. The fourth-order valence-corrected chi connectivity index (χ4v) is 1.93. The van der Waals surface area contributed by atoms with Gasteiger partial charge in [0.1, 0.15) is 5.82 Å². The minimum atomic E-state index is -0.240. The van der Waals surface area contributed by atoms with Gasteiger partial charge in [0.15, 0.2) is 0 Å². The molecule has 3 nitrogen and oxygen atoms in total. The molecule has 1 N–H and O–H groups in total. The van der Waals surface area contributed by atoms with Gasteiger partial charge in [-0.25, -0.2) is 9.07 Å². The van der Waals surface area contributed by atoms with E-state index < -0.39 is 0 Å². The number of nitrogens with one attached hydrogen (secondary N) is 1. The summed E-state index contributed by atoms with van der Waals surface area (Å²) in [6.07, 6.45) is 5.87. The number of hydrogen-bond acceptors (Lipinski definition) is 2. The van der Waals surface area contributed by atoms with Crippen LogP contribution in [0.25, 0.3) is 5.69 Å².